The lowest BCUT2D eigenvalue weighted by Gasteiger charge is -2.28. The molecule has 0 saturated heterocycles. The minimum absolute atomic E-state index is 0.665. The normalized spacial score (nSPS) is 11.2. The standard InChI is InChI=1S/C42H28ClNO/c43-32-22-24-37-39-27-31(21-25-41(39)45-42(37)28-32)35-23-20-30(29-12-4-1-5-13-29)26-38(35)36-18-10-11-19-40(36)44(33-14-6-2-7-15-33)34-16-8-3-9-17-34/h1-28H. The van der Waals surface area contributed by atoms with Crippen LogP contribution in [0.1, 0.15) is 0 Å². The molecule has 0 saturated carbocycles. The monoisotopic (exact) mass is 597 g/mol. The zero-order chi connectivity index (χ0) is 30.2. The van der Waals surface area contributed by atoms with Crippen LogP contribution < -0.4 is 4.90 Å². The minimum Gasteiger partial charge on any atom is -0.456 e. The van der Waals surface area contributed by atoms with E-state index in [4.69, 9.17) is 16.0 Å². The maximum Gasteiger partial charge on any atom is 0.136 e. The number of nitrogens with zero attached hydrogens (tertiary/aromatic N) is 1. The Bertz CT molecular complexity index is 2230. The van der Waals surface area contributed by atoms with Gasteiger partial charge >= 0.3 is 0 Å². The molecule has 0 bridgehead atoms. The molecule has 0 unspecified atom stereocenters. The average molecular weight is 598 g/mol. The largest absolute Gasteiger partial charge is 0.456 e. The molecule has 2 nitrogen and oxygen atoms in total. The molecule has 0 atom stereocenters. The third-order valence-corrected chi connectivity index (χ3v) is 8.57. The number of hydrogen-bond acceptors (Lipinski definition) is 2. The summed E-state index contributed by atoms with van der Waals surface area (Å²) < 4.78 is 6.17. The fraction of sp³-hybridized carbons (Fsp3) is 0. The maximum atomic E-state index is 6.29. The highest BCUT2D eigenvalue weighted by Crippen LogP contribution is 2.45. The summed E-state index contributed by atoms with van der Waals surface area (Å²) in [5.74, 6) is 0. The average Bonchev–Trinajstić information content (AvgIpc) is 3.46. The fourth-order valence-corrected chi connectivity index (χ4v) is 6.39. The van der Waals surface area contributed by atoms with Gasteiger partial charge in [-0.2, -0.15) is 0 Å². The van der Waals surface area contributed by atoms with Crippen molar-refractivity contribution in [3.05, 3.63) is 175 Å². The number of benzene rings is 7. The Morgan fingerprint density at radius 2 is 1.04 bits per heavy atom. The van der Waals surface area contributed by atoms with Crippen LogP contribution in [0.3, 0.4) is 0 Å². The molecular formula is C42H28ClNO. The second-order valence-corrected chi connectivity index (χ2v) is 11.5. The molecule has 0 amide bonds. The van der Waals surface area contributed by atoms with Crippen molar-refractivity contribution in [2.24, 2.45) is 0 Å². The zero-order valence-corrected chi connectivity index (χ0v) is 25.2. The van der Waals surface area contributed by atoms with Gasteiger partial charge in [0.25, 0.3) is 0 Å². The van der Waals surface area contributed by atoms with Crippen LogP contribution in [-0.2, 0) is 0 Å². The van der Waals surface area contributed by atoms with Gasteiger partial charge in [-0.05, 0) is 88.5 Å². The van der Waals surface area contributed by atoms with Crippen molar-refractivity contribution in [1.29, 1.82) is 0 Å². The van der Waals surface area contributed by atoms with Crippen LogP contribution in [0.2, 0.25) is 5.02 Å². The van der Waals surface area contributed by atoms with E-state index in [1.165, 1.54) is 11.1 Å². The smallest absolute Gasteiger partial charge is 0.136 e. The number of hydrogen-bond donors (Lipinski definition) is 0. The van der Waals surface area contributed by atoms with Crippen molar-refractivity contribution in [2.45, 2.75) is 0 Å². The van der Waals surface area contributed by atoms with E-state index >= 15 is 0 Å². The predicted molar refractivity (Wildman–Crippen MR) is 190 cm³/mol. The summed E-state index contributed by atoms with van der Waals surface area (Å²) in [6, 6.07) is 59.5. The summed E-state index contributed by atoms with van der Waals surface area (Å²) in [6.45, 7) is 0. The summed E-state index contributed by atoms with van der Waals surface area (Å²) in [5.41, 5.74) is 11.8. The highest BCUT2D eigenvalue weighted by Gasteiger charge is 2.20. The highest BCUT2D eigenvalue weighted by molar-refractivity contribution is 6.31. The first-order chi connectivity index (χ1) is 22.2. The molecule has 0 radical (unpaired) electrons. The molecule has 214 valence electrons. The summed E-state index contributed by atoms with van der Waals surface area (Å²) in [5, 5.41) is 2.79. The van der Waals surface area contributed by atoms with E-state index < -0.39 is 0 Å². The van der Waals surface area contributed by atoms with E-state index in [1.807, 2.05) is 18.2 Å². The Hall–Kier alpha value is -5.57. The van der Waals surface area contributed by atoms with Crippen molar-refractivity contribution >= 4 is 50.6 Å². The van der Waals surface area contributed by atoms with E-state index in [0.29, 0.717) is 5.02 Å². The Morgan fingerprint density at radius 3 is 1.78 bits per heavy atom. The molecule has 0 aliphatic rings. The zero-order valence-electron chi connectivity index (χ0n) is 24.4. The SMILES string of the molecule is Clc1ccc2c(c1)oc1ccc(-c3ccc(-c4ccccc4)cc3-c3ccccc3N(c3ccccc3)c3ccccc3)cc12. The van der Waals surface area contributed by atoms with Gasteiger partial charge in [-0.1, -0.05) is 115 Å². The molecule has 1 aromatic heterocycles. The first kappa shape index (κ1) is 27.0. The molecule has 0 aliphatic carbocycles. The van der Waals surface area contributed by atoms with E-state index in [2.05, 4.69) is 157 Å². The molecule has 3 heteroatoms. The topological polar surface area (TPSA) is 16.4 Å². The molecule has 45 heavy (non-hydrogen) atoms. The molecule has 7 aromatic carbocycles. The second-order valence-electron chi connectivity index (χ2n) is 11.1. The van der Waals surface area contributed by atoms with Crippen molar-refractivity contribution < 1.29 is 4.42 Å². The van der Waals surface area contributed by atoms with E-state index in [-0.39, 0.29) is 0 Å². The third kappa shape index (κ3) is 5.06. The van der Waals surface area contributed by atoms with Crippen LogP contribution in [0.4, 0.5) is 17.1 Å². The Balaban J connectivity index is 1.38. The summed E-state index contributed by atoms with van der Waals surface area (Å²) >= 11 is 6.29. The summed E-state index contributed by atoms with van der Waals surface area (Å²) in [4.78, 5) is 2.34. The lowest BCUT2D eigenvalue weighted by molar-refractivity contribution is 0.669. The molecule has 0 aliphatic heterocycles. The molecular weight excluding hydrogens is 570 g/mol. The number of fused-ring (bicyclic) bond motifs is 3. The quantitative estimate of drug-likeness (QED) is 0.189. The van der Waals surface area contributed by atoms with E-state index in [0.717, 1.165) is 61.3 Å². The van der Waals surface area contributed by atoms with Crippen LogP contribution in [-0.4, -0.2) is 0 Å². The number of rotatable bonds is 6. The van der Waals surface area contributed by atoms with Gasteiger partial charge in [0.15, 0.2) is 0 Å². The Kier molecular flexibility index (Phi) is 6.90. The minimum atomic E-state index is 0.665. The predicted octanol–water partition coefficient (Wildman–Crippen LogP) is 12.7. The van der Waals surface area contributed by atoms with Crippen molar-refractivity contribution in [2.75, 3.05) is 4.90 Å². The lowest BCUT2D eigenvalue weighted by atomic mass is 9.89. The molecule has 1 heterocycles. The number of anilines is 3. The van der Waals surface area contributed by atoms with Gasteiger partial charge < -0.3 is 9.32 Å². The fourth-order valence-electron chi connectivity index (χ4n) is 6.23. The molecule has 8 rings (SSSR count). The second kappa shape index (κ2) is 11.5. The van der Waals surface area contributed by atoms with Gasteiger partial charge in [-0.3, -0.25) is 0 Å². The Morgan fingerprint density at radius 1 is 0.400 bits per heavy atom. The van der Waals surface area contributed by atoms with Gasteiger partial charge in [0.2, 0.25) is 0 Å². The first-order valence-electron chi connectivity index (χ1n) is 15.0. The molecule has 0 N–H and O–H groups in total. The van der Waals surface area contributed by atoms with Gasteiger partial charge in [0, 0.05) is 38.8 Å². The van der Waals surface area contributed by atoms with Crippen LogP contribution >= 0.6 is 11.6 Å². The summed E-state index contributed by atoms with van der Waals surface area (Å²) in [6.07, 6.45) is 0. The Labute approximate surface area is 267 Å². The maximum absolute atomic E-state index is 6.29. The molecule has 0 fully saturated rings. The number of para-hydroxylation sites is 3. The van der Waals surface area contributed by atoms with Crippen LogP contribution in [0.25, 0.3) is 55.3 Å². The van der Waals surface area contributed by atoms with E-state index in [1.54, 1.807) is 0 Å². The first-order valence-corrected chi connectivity index (χ1v) is 15.4. The van der Waals surface area contributed by atoms with Crippen molar-refractivity contribution in [3.8, 4) is 33.4 Å². The van der Waals surface area contributed by atoms with E-state index in [9.17, 15) is 0 Å². The van der Waals surface area contributed by atoms with Crippen molar-refractivity contribution in [1.82, 2.24) is 0 Å². The highest BCUT2D eigenvalue weighted by atomic mass is 35.5. The van der Waals surface area contributed by atoms with Crippen LogP contribution in [0.5, 0.6) is 0 Å². The summed E-state index contributed by atoms with van der Waals surface area (Å²) in [7, 11) is 0. The molecule has 0 spiro atoms. The number of halogens is 1. The number of furan rings is 1. The van der Waals surface area contributed by atoms with Crippen molar-refractivity contribution in [3.63, 3.8) is 0 Å². The molecule has 8 aromatic rings. The third-order valence-electron chi connectivity index (χ3n) is 8.33. The van der Waals surface area contributed by atoms with Crippen LogP contribution in [0, 0.1) is 0 Å². The lowest BCUT2D eigenvalue weighted by Crippen LogP contribution is -2.11. The van der Waals surface area contributed by atoms with Gasteiger partial charge in [0.1, 0.15) is 11.2 Å². The van der Waals surface area contributed by atoms with Crippen LogP contribution in [0.15, 0.2) is 174 Å². The van der Waals surface area contributed by atoms with Gasteiger partial charge in [-0.15, -0.1) is 0 Å². The van der Waals surface area contributed by atoms with Gasteiger partial charge in [-0.25, -0.2) is 0 Å². The van der Waals surface area contributed by atoms with Gasteiger partial charge in [0.05, 0.1) is 5.69 Å².